The molecule has 0 radical (unpaired) electrons. The summed E-state index contributed by atoms with van der Waals surface area (Å²) in [5.41, 5.74) is 2.66. The third kappa shape index (κ3) is 3.06. The Morgan fingerprint density at radius 3 is 2.96 bits per heavy atom. The molecule has 1 amide bonds. The maximum absolute atomic E-state index is 12.9. The lowest BCUT2D eigenvalue weighted by molar-refractivity contribution is 0.0717. The van der Waals surface area contributed by atoms with Crippen LogP contribution in [-0.4, -0.2) is 45.3 Å². The molecule has 1 fully saturated rings. The molecule has 0 aromatic carbocycles. The number of carbonyl (C=O) groups is 1. The van der Waals surface area contributed by atoms with Crippen molar-refractivity contribution >= 4 is 5.91 Å². The second-order valence-electron chi connectivity index (χ2n) is 5.96. The van der Waals surface area contributed by atoms with E-state index in [0.717, 1.165) is 37.3 Å². The molecule has 6 nitrogen and oxygen atoms in total. The molecule has 23 heavy (non-hydrogen) atoms. The number of ether oxygens (including phenoxy) is 1. The highest BCUT2D eigenvalue weighted by molar-refractivity contribution is 5.96. The summed E-state index contributed by atoms with van der Waals surface area (Å²) in [7, 11) is 1.54. The van der Waals surface area contributed by atoms with Crippen molar-refractivity contribution < 1.29 is 9.53 Å². The number of hydrogen-bond donors (Lipinski definition) is 0. The van der Waals surface area contributed by atoms with Crippen LogP contribution < -0.4 is 4.74 Å². The van der Waals surface area contributed by atoms with E-state index in [0.29, 0.717) is 11.4 Å². The first-order valence-electron chi connectivity index (χ1n) is 7.91. The van der Waals surface area contributed by atoms with Gasteiger partial charge in [0.25, 0.3) is 5.91 Å². The van der Waals surface area contributed by atoms with Gasteiger partial charge in [0.2, 0.25) is 5.88 Å². The largest absolute Gasteiger partial charge is 0.480 e. The Hall–Kier alpha value is -2.37. The maximum atomic E-state index is 12.9. The van der Waals surface area contributed by atoms with Crippen LogP contribution in [-0.2, 0) is 6.54 Å². The van der Waals surface area contributed by atoms with Crippen LogP contribution in [0.15, 0.2) is 24.4 Å². The molecule has 1 saturated heterocycles. The zero-order chi connectivity index (χ0) is 16.4. The van der Waals surface area contributed by atoms with E-state index in [2.05, 4.69) is 16.1 Å². The van der Waals surface area contributed by atoms with Crippen LogP contribution in [0.25, 0.3) is 0 Å². The van der Waals surface area contributed by atoms with E-state index < -0.39 is 0 Å². The molecular weight excluding hydrogens is 292 g/mol. The molecule has 6 heteroatoms. The summed E-state index contributed by atoms with van der Waals surface area (Å²) in [4.78, 5) is 18.9. The monoisotopic (exact) mass is 314 g/mol. The first-order valence-corrected chi connectivity index (χ1v) is 7.91. The van der Waals surface area contributed by atoms with E-state index in [1.807, 2.05) is 23.4 Å². The van der Waals surface area contributed by atoms with Crippen molar-refractivity contribution in [3.63, 3.8) is 0 Å². The van der Waals surface area contributed by atoms with Crippen LogP contribution >= 0.6 is 0 Å². The molecule has 1 aliphatic heterocycles. The van der Waals surface area contributed by atoms with Crippen LogP contribution in [0, 0.1) is 13.8 Å². The Bertz CT molecular complexity index is 710. The lowest BCUT2D eigenvalue weighted by Crippen LogP contribution is -2.38. The van der Waals surface area contributed by atoms with E-state index in [-0.39, 0.29) is 11.9 Å². The molecule has 0 bridgehead atoms. The molecule has 2 aromatic rings. The van der Waals surface area contributed by atoms with Crippen molar-refractivity contribution in [1.82, 2.24) is 19.7 Å². The van der Waals surface area contributed by atoms with Crippen molar-refractivity contribution in [2.75, 3.05) is 13.7 Å². The number of carbonyl (C=O) groups excluding carboxylic acids is 1. The van der Waals surface area contributed by atoms with Gasteiger partial charge >= 0.3 is 0 Å². The average Bonchev–Trinajstić information content (AvgIpc) is 3.13. The zero-order valence-corrected chi connectivity index (χ0v) is 13.8. The smallest absolute Gasteiger partial charge is 0.259 e. The Morgan fingerprint density at radius 2 is 2.26 bits per heavy atom. The van der Waals surface area contributed by atoms with Crippen molar-refractivity contribution in [3.05, 3.63) is 41.3 Å². The number of aryl methyl sites for hydroxylation is 2. The lowest BCUT2D eigenvalue weighted by Gasteiger charge is -2.25. The molecule has 3 rings (SSSR count). The van der Waals surface area contributed by atoms with Gasteiger partial charge in [-0.25, -0.2) is 4.98 Å². The highest BCUT2D eigenvalue weighted by Crippen LogP contribution is 2.25. The molecule has 1 aliphatic rings. The number of nitrogens with zero attached hydrogens (tertiary/aromatic N) is 4. The van der Waals surface area contributed by atoms with Crippen LogP contribution in [0.3, 0.4) is 0 Å². The van der Waals surface area contributed by atoms with Crippen molar-refractivity contribution in [3.8, 4) is 5.88 Å². The first kappa shape index (κ1) is 15.5. The van der Waals surface area contributed by atoms with E-state index in [4.69, 9.17) is 4.74 Å². The molecule has 2 aromatic heterocycles. The summed E-state index contributed by atoms with van der Waals surface area (Å²) < 4.78 is 7.22. The Labute approximate surface area is 136 Å². The molecule has 0 spiro atoms. The number of pyridine rings is 1. The number of methoxy groups -OCH3 is 1. The Kier molecular flexibility index (Phi) is 4.32. The summed E-state index contributed by atoms with van der Waals surface area (Å²) in [6, 6.07) is 5.75. The third-order valence-corrected chi connectivity index (χ3v) is 4.32. The Morgan fingerprint density at radius 1 is 1.43 bits per heavy atom. The molecule has 122 valence electrons. The number of aromatic nitrogens is 3. The zero-order valence-electron chi connectivity index (χ0n) is 13.8. The van der Waals surface area contributed by atoms with Gasteiger partial charge in [-0.15, -0.1) is 0 Å². The van der Waals surface area contributed by atoms with Gasteiger partial charge in [-0.1, -0.05) is 0 Å². The third-order valence-electron chi connectivity index (χ3n) is 4.32. The summed E-state index contributed by atoms with van der Waals surface area (Å²) in [5.74, 6) is 0.369. The first-order chi connectivity index (χ1) is 11.1. The molecule has 0 saturated carbocycles. The van der Waals surface area contributed by atoms with Crippen LogP contribution in [0.1, 0.15) is 34.6 Å². The minimum absolute atomic E-state index is 0.0148. The summed E-state index contributed by atoms with van der Waals surface area (Å²) >= 11 is 0. The van der Waals surface area contributed by atoms with Crippen LogP contribution in [0.2, 0.25) is 0 Å². The molecule has 1 atom stereocenters. The van der Waals surface area contributed by atoms with Gasteiger partial charge in [0.05, 0.1) is 25.4 Å². The number of likely N-dealkylation sites (tertiary alicyclic amines) is 1. The number of amides is 1. The summed E-state index contributed by atoms with van der Waals surface area (Å²) in [6.45, 7) is 5.53. The van der Waals surface area contributed by atoms with E-state index in [9.17, 15) is 4.79 Å². The van der Waals surface area contributed by atoms with E-state index in [1.54, 1.807) is 18.3 Å². The number of rotatable bonds is 4. The van der Waals surface area contributed by atoms with Crippen LogP contribution in [0.5, 0.6) is 5.88 Å². The SMILES string of the molecule is COc1ncccc1C(=O)N1CCCC1Cn1nc(C)cc1C. The minimum atomic E-state index is -0.0148. The second-order valence-corrected chi connectivity index (χ2v) is 5.96. The van der Waals surface area contributed by atoms with E-state index >= 15 is 0 Å². The van der Waals surface area contributed by atoms with Gasteiger partial charge in [-0.3, -0.25) is 9.48 Å². The maximum Gasteiger partial charge on any atom is 0.259 e. The Balaban J connectivity index is 1.81. The fourth-order valence-corrected chi connectivity index (χ4v) is 3.22. The topological polar surface area (TPSA) is 60.2 Å². The van der Waals surface area contributed by atoms with Gasteiger partial charge in [0.1, 0.15) is 5.56 Å². The predicted octanol–water partition coefficient (Wildman–Crippen LogP) is 2.21. The molecule has 0 N–H and O–H groups in total. The fourth-order valence-electron chi connectivity index (χ4n) is 3.22. The molecule has 1 unspecified atom stereocenters. The lowest BCUT2D eigenvalue weighted by atomic mass is 10.2. The summed E-state index contributed by atoms with van der Waals surface area (Å²) in [5, 5.41) is 4.52. The van der Waals surface area contributed by atoms with Gasteiger partial charge in [0.15, 0.2) is 0 Å². The van der Waals surface area contributed by atoms with Gasteiger partial charge in [0, 0.05) is 18.4 Å². The average molecular weight is 314 g/mol. The minimum Gasteiger partial charge on any atom is -0.480 e. The highest BCUT2D eigenvalue weighted by atomic mass is 16.5. The predicted molar refractivity (Wildman–Crippen MR) is 86.5 cm³/mol. The molecule has 3 heterocycles. The standard InChI is InChI=1S/C17H22N4O2/c1-12-10-13(2)21(19-12)11-14-6-5-9-20(14)17(22)15-7-4-8-18-16(15)23-3/h4,7-8,10,14H,5-6,9,11H2,1-3H3. The highest BCUT2D eigenvalue weighted by Gasteiger charge is 2.31. The van der Waals surface area contributed by atoms with Crippen LogP contribution in [0.4, 0.5) is 0 Å². The number of hydrogen-bond acceptors (Lipinski definition) is 4. The van der Waals surface area contributed by atoms with Crippen molar-refractivity contribution in [2.24, 2.45) is 0 Å². The quantitative estimate of drug-likeness (QED) is 0.868. The van der Waals surface area contributed by atoms with Gasteiger partial charge in [-0.2, -0.15) is 5.10 Å². The summed E-state index contributed by atoms with van der Waals surface area (Å²) in [6.07, 6.45) is 3.64. The second kappa shape index (κ2) is 6.40. The van der Waals surface area contributed by atoms with Crippen molar-refractivity contribution in [2.45, 2.75) is 39.3 Å². The normalized spacial score (nSPS) is 17.5. The van der Waals surface area contributed by atoms with Crippen molar-refractivity contribution in [1.29, 1.82) is 0 Å². The van der Waals surface area contributed by atoms with Gasteiger partial charge < -0.3 is 9.64 Å². The van der Waals surface area contributed by atoms with E-state index in [1.165, 1.54) is 7.11 Å². The molecule has 0 aliphatic carbocycles. The van der Waals surface area contributed by atoms with Gasteiger partial charge in [-0.05, 0) is 44.9 Å². The fraction of sp³-hybridized carbons (Fsp3) is 0.471. The molecular formula is C17H22N4O2.